The van der Waals surface area contributed by atoms with E-state index in [1.807, 2.05) is 23.0 Å². The van der Waals surface area contributed by atoms with Crippen LogP contribution in [0.25, 0.3) is 0 Å². The van der Waals surface area contributed by atoms with Gasteiger partial charge in [0.1, 0.15) is 0 Å². The van der Waals surface area contributed by atoms with E-state index in [2.05, 4.69) is 0 Å². The van der Waals surface area contributed by atoms with Crippen LogP contribution in [0.15, 0.2) is 12.4 Å². The Bertz CT molecular complexity index is 487. The van der Waals surface area contributed by atoms with E-state index >= 15 is 0 Å². The molecule has 0 aromatic heterocycles. The van der Waals surface area contributed by atoms with Crippen LogP contribution in [-0.4, -0.2) is 52.6 Å². The molecule has 0 saturated carbocycles. The summed E-state index contributed by atoms with van der Waals surface area (Å²) in [6.45, 7) is 1.10. The van der Waals surface area contributed by atoms with Crippen LogP contribution in [0, 0.1) is 0 Å². The minimum Gasteiger partial charge on any atom is -0.362 e. The van der Waals surface area contributed by atoms with E-state index in [1.54, 1.807) is 6.20 Å². The molecule has 0 bridgehead atoms. The van der Waals surface area contributed by atoms with Crippen molar-refractivity contribution in [1.82, 2.24) is 13.9 Å². The number of nitrogens with one attached hydrogen (secondary N) is 1. The quantitative estimate of drug-likeness (QED) is 0.643. The Hall–Kier alpha value is -0.870. The highest BCUT2D eigenvalue weighted by Gasteiger charge is 2.19. The minimum absolute atomic E-state index is 0.211. The molecule has 1 N–H and O–H groups in total. The highest BCUT2D eigenvalue weighted by molar-refractivity contribution is 8.02. The maximum Gasteiger partial charge on any atom is 0.385 e. The summed E-state index contributed by atoms with van der Waals surface area (Å²) >= 11 is 0. The smallest absolute Gasteiger partial charge is 0.362 e. The Morgan fingerprint density at radius 2 is 1.94 bits per heavy atom. The Morgan fingerprint density at radius 1 is 1.29 bits per heavy atom. The zero-order valence-electron chi connectivity index (χ0n) is 9.21. The molecule has 100 valence electrons. The molecule has 0 atom stereocenters. The Kier molecular flexibility index (Phi) is 4.33. The van der Waals surface area contributed by atoms with Crippen LogP contribution < -0.4 is 4.13 Å². The summed E-state index contributed by atoms with van der Waals surface area (Å²) in [6.07, 6.45) is 3.84. The SMILES string of the molecule is CN1C=CN(CCCS(=O)(=O)NS(=O)(=O)F)C1. The van der Waals surface area contributed by atoms with Gasteiger partial charge in [0.15, 0.2) is 0 Å². The van der Waals surface area contributed by atoms with Crippen LogP contribution in [0.1, 0.15) is 6.42 Å². The molecule has 1 rings (SSSR count). The largest absolute Gasteiger partial charge is 0.385 e. The van der Waals surface area contributed by atoms with Crippen LogP contribution >= 0.6 is 0 Å². The summed E-state index contributed by atoms with van der Waals surface area (Å²) in [5.74, 6) is -0.440. The fraction of sp³-hybridized carbons (Fsp3) is 0.714. The van der Waals surface area contributed by atoms with Gasteiger partial charge in [-0.2, -0.15) is 8.42 Å². The van der Waals surface area contributed by atoms with Crippen LogP contribution in [-0.2, 0) is 20.4 Å². The molecule has 0 spiro atoms. The zero-order chi connectivity index (χ0) is 13.1. The van der Waals surface area contributed by atoms with E-state index in [0.717, 1.165) is 4.13 Å². The Labute approximate surface area is 100 Å². The molecule has 0 unspecified atom stereocenters. The summed E-state index contributed by atoms with van der Waals surface area (Å²) in [7, 11) is -7.47. The number of hydrogen-bond donors (Lipinski definition) is 1. The summed E-state index contributed by atoms with van der Waals surface area (Å²) in [5.41, 5.74) is 0. The van der Waals surface area contributed by atoms with Gasteiger partial charge >= 0.3 is 10.4 Å². The lowest BCUT2D eigenvalue weighted by Gasteiger charge is -2.17. The van der Waals surface area contributed by atoms with Gasteiger partial charge in [-0.15, -0.1) is 0 Å². The first-order chi connectivity index (χ1) is 7.68. The van der Waals surface area contributed by atoms with Gasteiger partial charge in [-0.3, -0.25) is 0 Å². The highest BCUT2D eigenvalue weighted by Crippen LogP contribution is 2.05. The maximum absolute atomic E-state index is 12.1. The number of hydrogen-bond acceptors (Lipinski definition) is 6. The summed E-state index contributed by atoms with van der Waals surface area (Å²) in [5, 5.41) is 0. The van der Waals surface area contributed by atoms with Gasteiger partial charge in [0.2, 0.25) is 10.0 Å². The fourth-order valence-electron chi connectivity index (χ4n) is 1.39. The summed E-state index contributed by atoms with van der Waals surface area (Å²) in [4.78, 5) is 3.76. The van der Waals surface area contributed by atoms with E-state index in [0.29, 0.717) is 13.2 Å². The molecule has 1 heterocycles. The third-order valence-electron chi connectivity index (χ3n) is 2.02. The maximum atomic E-state index is 12.1. The minimum atomic E-state index is -5.21. The van der Waals surface area contributed by atoms with E-state index < -0.39 is 26.2 Å². The highest BCUT2D eigenvalue weighted by atomic mass is 32.3. The van der Waals surface area contributed by atoms with E-state index in [-0.39, 0.29) is 6.42 Å². The second-order valence-electron chi connectivity index (χ2n) is 3.70. The zero-order valence-corrected chi connectivity index (χ0v) is 10.8. The molecule has 0 radical (unpaired) electrons. The van der Waals surface area contributed by atoms with Crippen LogP contribution in [0.2, 0.25) is 0 Å². The first-order valence-electron chi connectivity index (χ1n) is 4.76. The van der Waals surface area contributed by atoms with Crippen molar-refractivity contribution in [1.29, 1.82) is 0 Å². The third kappa shape index (κ3) is 5.84. The monoisotopic (exact) mass is 287 g/mol. The molecule has 7 nitrogen and oxygen atoms in total. The van der Waals surface area contributed by atoms with Gasteiger partial charge < -0.3 is 9.80 Å². The predicted octanol–water partition coefficient (Wildman–Crippen LogP) is -0.814. The topological polar surface area (TPSA) is 86.8 Å². The lowest BCUT2D eigenvalue weighted by Crippen LogP contribution is -2.31. The lowest BCUT2D eigenvalue weighted by atomic mass is 10.4. The molecule has 1 aliphatic rings. The molecule has 10 heteroatoms. The summed E-state index contributed by atoms with van der Waals surface area (Å²) < 4.78 is 55.5. The third-order valence-corrected chi connectivity index (χ3v) is 4.66. The van der Waals surface area contributed by atoms with Gasteiger partial charge in [-0.25, -0.2) is 8.42 Å². The molecule has 1 aliphatic heterocycles. The molecule has 0 aliphatic carbocycles. The van der Waals surface area contributed by atoms with Crippen molar-refractivity contribution in [2.24, 2.45) is 0 Å². The van der Waals surface area contributed by atoms with Crippen molar-refractivity contribution in [2.45, 2.75) is 6.42 Å². The van der Waals surface area contributed by atoms with Crippen molar-refractivity contribution in [3.05, 3.63) is 12.4 Å². The van der Waals surface area contributed by atoms with Crippen molar-refractivity contribution in [3.63, 3.8) is 0 Å². The molecule has 0 fully saturated rings. The average molecular weight is 287 g/mol. The average Bonchev–Trinajstić information content (AvgIpc) is 2.46. The molecule has 0 aromatic rings. The van der Waals surface area contributed by atoms with Gasteiger partial charge in [-0.1, -0.05) is 8.01 Å². The van der Waals surface area contributed by atoms with Crippen molar-refractivity contribution in [2.75, 3.05) is 26.0 Å². The molecular weight excluding hydrogens is 273 g/mol. The second kappa shape index (κ2) is 5.19. The van der Waals surface area contributed by atoms with Crippen molar-refractivity contribution >= 4 is 20.4 Å². The normalized spacial score (nSPS) is 16.8. The van der Waals surface area contributed by atoms with Crippen LogP contribution in [0.3, 0.4) is 0 Å². The number of nitrogens with zero attached hydrogens (tertiary/aromatic N) is 2. The lowest BCUT2D eigenvalue weighted by molar-refractivity contribution is 0.297. The molecule has 0 aromatic carbocycles. The second-order valence-corrected chi connectivity index (χ2v) is 6.88. The summed E-state index contributed by atoms with van der Waals surface area (Å²) in [6, 6.07) is 0. The Balaban J connectivity index is 2.34. The predicted molar refractivity (Wildman–Crippen MR) is 60.0 cm³/mol. The van der Waals surface area contributed by atoms with Crippen molar-refractivity contribution in [3.8, 4) is 0 Å². The Morgan fingerprint density at radius 3 is 2.41 bits per heavy atom. The number of sulfonamides is 1. The van der Waals surface area contributed by atoms with Gasteiger partial charge in [0, 0.05) is 26.0 Å². The molecule has 0 amide bonds. The van der Waals surface area contributed by atoms with Gasteiger partial charge in [-0.05, 0) is 6.42 Å². The molecular formula is C7H14FN3O4S2. The van der Waals surface area contributed by atoms with Crippen molar-refractivity contribution < 1.29 is 20.7 Å². The first-order valence-corrected chi connectivity index (χ1v) is 7.80. The van der Waals surface area contributed by atoms with Gasteiger partial charge in [0.05, 0.1) is 12.4 Å². The van der Waals surface area contributed by atoms with E-state index in [1.165, 1.54) is 0 Å². The standard InChI is InChI=1S/C7H14FN3O4S2/c1-10-4-5-11(7-10)3-2-6-16(12,13)9-17(8,14)15/h4-5,9H,2-3,6-7H2,1H3. The number of rotatable bonds is 6. The fourth-order valence-corrected chi connectivity index (χ4v) is 3.44. The van der Waals surface area contributed by atoms with Crippen LogP contribution in [0.5, 0.6) is 0 Å². The van der Waals surface area contributed by atoms with Crippen LogP contribution in [0.4, 0.5) is 3.89 Å². The molecule has 17 heavy (non-hydrogen) atoms. The van der Waals surface area contributed by atoms with E-state index in [9.17, 15) is 20.7 Å². The van der Waals surface area contributed by atoms with E-state index in [4.69, 9.17) is 0 Å². The first kappa shape index (κ1) is 14.2. The molecule has 0 saturated heterocycles. The number of halogens is 1. The van der Waals surface area contributed by atoms with Gasteiger partial charge in [0.25, 0.3) is 0 Å².